The van der Waals surface area contributed by atoms with E-state index in [-0.39, 0.29) is 6.04 Å². The molecule has 1 unspecified atom stereocenters. The van der Waals surface area contributed by atoms with E-state index in [9.17, 15) is 0 Å². The highest BCUT2D eigenvalue weighted by Crippen LogP contribution is 1.98. The number of nitrogens with zero attached hydrogens (tertiary/aromatic N) is 2. The summed E-state index contributed by atoms with van der Waals surface area (Å²) < 4.78 is 0. The van der Waals surface area contributed by atoms with Crippen LogP contribution in [0.4, 0.5) is 0 Å². The van der Waals surface area contributed by atoms with Gasteiger partial charge >= 0.3 is 0 Å². The van der Waals surface area contributed by atoms with E-state index in [1.54, 1.807) is 6.21 Å². The van der Waals surface area contributed by atoms with Gasteiger partial charge in [-0.1, -0.05) is 5.16 Å². The van der Waals surface area contributed by atoms with Crippen molar-refractivity contribution in [2.24, 2.45) is 10.1 Å². The second-order valence-electron chi connectivity index (χ2n) is 2.22. The van der Waals surface area contributed by atoms with Gasteiger partial charge in [-0.05, 0) is 19.9 Å². The highest BCUT2D eigenvalue weighted by atomic mass is 16.6. The highest BCUT2D eigenvalue weighted by Gasteiger charge is 1.99. The summed E-state index contributed by atoms with van der Waals surface area (Å²) in [7, 11) is 0. The molecule has 4 nitrogen and oxygen atoms in total. The largest absolute Gasteiger partial charge is 0.396 e. The predicted octanol–water partition coefficient (Wildman–Crippen LogP) is 1.51. The van der Waals surface area contributed by atoms with Gasteiger partial charge in [0, 0.05) is 19.1 Å². The van der Waals surface area contributed by atoms with Gasteiger partial charge in [-0.2, -0.15) is 0 Å². The van der Waals surface area contributed by atoms with Gasteiger partial charge < -0.3 is 10.2 Å². The van der Waals surface area contributed by atoms with Crippen LogP contribution < -0.4 is 0 Å². The molecule has 0 aliphatic rings. The van der Waals surface area contributed by atoms with Crippen molar-refractivity contribution in [1.82, 2.24) is 0 Å². The molecule has 0 aliphatic heterocycles. The third kappa shape index (κ3) is 5.58. The predicted molar refractivity (Wildman–Crippen MR) is 51.5 cm³/mol. The minimum absolute atomic E-state index is 0.0618. The minimum Gasteiger partial charge on any atom is -0.396 e. The Morgan fingerprint density at radius 3 is 2.83 bits per heavy atom. The van der Waals surface area contributed by atoms with Gasteiger partial charge in [-0.25, -0.2) is 0 Å². The van der Waals surface area contributed by atoms with E-state index in [0.717, 1.165) is 0 Å². The summed E-state index contributed by atoms with van der Waals surface area (Å²) in [5.41, 5.74) is 0. The molecule has 1 N–H and O–H groups in total. The van der Waals surface area contributed by atoms with Gasteiger partial charge in [0.2, 0.25) is 0 Å². The van der Waals surface area contributed by atoms with E-state index in [1.165, 1.54) is 6.21 Å². The van der Waals surface area contributed by atoms with Crippen LogP contribution in [-0.2, 0) is 4.84 Å². The van der Waals surface area contributed by atoms with Crippen molar-refractivity contribution in [3.8, 4) is 0 Å². The van der Waals surface area contributed by atoms with Crippen LogP contribution in [0.5, 0.6) is 0 Å². The maximum absolute atomic E-state index is 6.86. The Bertz CT molecular complexity index is 156. The average molecular weight is 169 g/mol. The van der Waals surface area contributed by atoms with E-state index >= 15 is 0 Å². The maximum atomic E-state index is 6.86. The third-order valence-corrected chi connectivity index (χ3v) is 1.30. The fourth-order valence-electron chi connectivity index (χ4n) is 0.673. The Balaban J connectivity index is 3.56. The van der Waals surface area contributed by atoms with Crippen LogP contribution in [0, 0.1) is 5.41 Å². The Morgan fingerprint density at radius 1 is 1.58 bits per heavy atom. The topological polar surface area (TPSA) is 57.8 Å². The molecule has 0 amide bonds. The van der Waals surface area contributed by atoms with Crippen LogP contribution in [0.25, 0.3) is 0 Å². The summed E-state index contributed by atoms with van der Waals surface area (Å²) in [5.74, 6) is 0. The number of hydrogen-bond donors (Lipinski definition) is 1. The first-order valence-corrected chi connectivity index (χ1v) is 3.93. The molecule has 0 aliphatic carbocycles. The summed E-state index contributed by atoms with van der Waals surface area (Å²) in [4.78, 5) is 8.58. The van der Waals surface area contributed by atoms with Gasteiger partial charge in [-0.3, -0.25) is 4.99 Å². The Labute approximate surface area is 72.8 Å². The zero-order chi connectivity index (χ0) is 9.23. The summed E-state index contributed by atoms with van der Waals surface area (Å²) in [6.45, 7) is 5.87. The number of rotatable bonds is 7. The molecule has 0 saturated carbocycles. The first-order valence-electron chi connectivity index (χ1n) is 3.93. The zero-order valence-electron chi connectivity index (χ0n) is 7.36. The van der Waals surface area contributed by atoms with Crippen LogP contribution in [0.3, 0.4) is 0 Å². The molecule has 68 valence electrons. The van der Waals surface area contributed by atoms with Crippen molar-refractivity contribution in [3.63, 3.8) is 0 Å². The molecular weight excluding hydrogens is 154 g/mol. The lowest BCUT2D eigenvalue weighted by atomic mass is 10.2. The molecule has 4 heteroatoms. The van der Waals surface area contributed by atoms with Crippen molar-refractivity contribution in [1.29, 1.82) is 5.41 Å². The molecule has 1 atom stereocenters. The molecule has 0 aromatic heterocycles. The molecule has 0 bridgehead atoms. The summed E-state index contributed by atoms with van der Waals surface area (Å²) in [5, 5.41) is 10.5. The van der Waals surface area contributed by atoms with Gasteiger partial charge in [-0.15, -0.1) is 0 Å². The molecule has 0 radical (unpaired) electrons. The second kappa shape index (κ2) is 7.91. The summed E-state index contributed by atoms with van der Waals surface area (Å²) in [6.07, 6.45) is 4.28. The molecular formula is C8H15N3O. The van der Waals surface area contributed by atoms with E-state index in [4.69, 9.17) is 10.2 Å². The van der Waals surface area contributed by atoms with Crippen LogP contribution in [0.1, 0.15) is 19.8 Å². The van der Waals surface area contributed by atoms with Crippen molar-refractivity contribution in [3.05, 3.63) is 0 Å². The molecule has 0 spiro atoms. The molecule has 0 aromatic rings. The Morgan fingerprint density at radius 2 is 2.33 bits per heavy atom. The van der Waals surface area contributed by atoms with E-state index in [2.05, 4.69) is 16.9 Å². The van der Waals surface area contributed by atoms with Crippen molar-refractivity contribution < 1.29 is 4.84 Å². The van der Waals surface area contributed by atoms with Gasteiger partial charge in [0.25, 0.3) is 0 Å². The van der Waals surface area contributed by atoms with Crippen molar-refractivity contribution >= 4 is 19.1 Å². The normalized spacial score (nSPS) is 12.8. The minimum atomic E-state index is 0.0618. The van der Waals surface area contributed by atoms with Crippen LogP contribution in [0.2, 0.25) is 0 Å². The second-order valence-corrected chi connectivity index (χ2v) is 2.22. The highest BCUT2D eigenvalue weighted by molar-refractivity contribution is 5.60. The van der Waals surface area contributed by atoms with Crippen molar-refractivity contribution in [2.75, 3.05) is 6.61 Å². The monoisotopic (exact) mass is 169 g/mol. The van der Waals surface area contributed by atoms with E-state index in [1.807, 2.05) is 6.92 Å². The van der Waals surface area contributed by atoms with E-state index in [0.29, 0.717) is 19.4 Å². The van der Waals surface area contributed by atoms with Gasteiger partial charge in [0.15, 0.2) is 0 Å². The average Bonchev–Trinajstić information content (AvgIpc) is 2.10. The summed E-state index contributed by atoms with van der Waals surface area (Å²) >= 11 is 0. The molecule has 12 heavy (non-hydrogen) atoms. The molecule has 0 aromatic carbocycles. The van der Waals surface area contributed by atoms with Gasteiger partial charge in [0.1, 0.15) is 6.61 Å². The standard InChI is InChI=1S/C8H15N3O/c1-3-12-11-7-5-8(10-2)4-6-9/h6-9H,2-5H2,1H3/b9-6?,11-7-. The third-order valence-electron chi connectivity index (χ3n) is 1.30. The fourth-order valence-corrected chi connectivity index (χ4v) is 0.673. The van der Waals surface area contributed by atoms with Gasteiger partial charge in [0.05, 0.1) is 6.04 Å². The first kappa shape index (κ1) is 10.8. The lowest BCUT2D eigenvalue weighted by Gasteiger charge is -2.02. The van der Waals surface area contributed by atoms with Crippen LogP contribution >= 0.6 is 0 Å². The molecule has 0 saturated heterocycles. The Hall–Kier alpha value is -1.19. The number of nitrogens with one attached hydrogen (secondary N) is 1. The lowest BCUT2D eigenvalue weighted by molar-refractivity contribution is 0.159. The zero-order valence-corrected chi connectivity index (χ0v) is 7.36. The quantitative estimate of drug-likeness (QED) is 0.455. The molecule has 0 heterocycles. The number of oxime groups is 1. The van der Waals surface area contributed by atoms with E-state index < -0.39 is 0 Å². The lowest BCUT2D eigenvalue weighted by Crippen LogP contribution is -2.04. The number of aliphatic imine (C=N–C) groups is 1. The SMILES string of the molecule is C=NC(CC=N)C/C=N\OCC. The Kier molecular flexibility index (Phi) is 7.13. The summed E-state index contributed by atoms with van der Waals surface area (Å²) in [6, 6.07) is 0.0618. The van der Waals surface area contributed by atoms with Crippen LogP contribution in [0.15, 0.2) is 10.1 Å². The number of hydrogen-bond acceptors (Lipinski definition) is 4. The smallest absolute Gasteiger partial charge is 0.114 e. The van der Waals surface area contributed by atoms with Crippen LogP contribution in [-0.4, -0.2) is 31.8 Å². The first-order chi connectivity index (χ1) is 5.85. The fraction of sp³-hybridized carbons (Fsp3) is 0.625. The van der Waals surface area contributed by atoms with Crippen molar-refractivity contribution in [2.45, 2.75) is 25.8 Å². The maximum Gasteiger partial charge on any atom is 0.114 e. The molecule has 0 rings (SSSR count). The molecule has 0 fully saturated rings.